The molecule has 26 heavy (non-hydrogen) atoms. The maximum Gasteiger partial charge on any atom is 0.109 e. The predicted molar refractivity (Wildman–Crippen MR) is 117 cm³/mol. The van der Waals surface area contributed by atoms with Crippen LogP contribution >= 0.6 is 27.3 Å². The molecule has 128 valence electrons. The molecule has 4 rings (SSSR count). The molecule has 0 saturated carbocycles. The molecule has 0 saturated heterocycles. The third kappa shape index (κ3) is 3.20. The number of aryl methyl sites for hydroxylation is 1. The summed E-state index contributed by atoms with van der Waals surface area (Å²) in [5.74, 6) is 0. The van der Waals surface area contributed by atoms with Crippen LogP contribution < -0.4 is 4.90 Å². The van der Waals surface area contributed by atoms with Crippen LogP contribution in [0.25, 0.3) is 11.1 Å². The molecule has 0 bridgehead atoms. The number of benzene rings is 3. The van der Waals surface area contributed by atoms with Gasteiger partial charge in [0.1, 0.15) is 5.00 Å². The van der Waals surface area contributed by atoms with Crippen molar-refractivity contribution in [3.8, 4) is 11.1 Å². The Morgan fingerprint density at radius 1 is 0.692 bits per heavy atom. The lowest BCUT2D eigenvalue weighted by Gasteiger charge is -2.25. The third-order valence-electron chi connectivity index (χ3n) is 4.29. The van der Waals surface area contributed by atoms with Gasteiger partial charge in [0.25, 0.3) is 0 Å². The minimum atomic E-state index is 1.16. The number of para-hydroxylation sites is 2. The van der Waals surface area contributed by atoms with Gasteiger partial charge in [0.2, 0.25) is 0 Å². The van der Waals surface area contributed by atoms with E-state index in [2.05, 4.69) is 119 Å². The number of anilines is 3. The monoisotopic (exact) mass is 419 g/mol. The summed E-state index contributed by atoms with van der Waals surface area (Å²) in [4.78, 5) is 3.61. The standard InChI is InChI=1S/C23H18BrNS/c1-17-22(24)21(18-11-5-2-6-12-18)23(26-17)25(19-13-7-3-8-14-19)20-15-9-4-10-16-20/h2-16H,1H3. The topological polar surface area (TPSA) is 3.24 Å². The van der Waals surface area contributed by atoms with Crippen molar-refractivity contribution in [1.29, 1.82) is 0 Å². The smallest absolute Gasteiger partial charge is 0.109 e. The van der Waals surface area contributed by atoms with Crippen LogP contribution in [0.3, 0.4) is 0 Å². The van der Waals surface area contributed by atoms with Crippen LogP contribution in [0.5, 0.6) is 0 Å². The highest BCUT2D eigenvalue weighted by atomic mass is 79.9. The second-order valence-electron chi connectivity index (χ2n) is 6.02. The third-order valence-corrected chi connectivity index (χ3v) is 6.63. The highest BCUT2D eigenvalue weighted by molar-refractivity contribution is 9.10. The van der Waals surface area contributed by atoms with E-state index in [0.29, 0.717) is 0 Å². The highest BCUT2D eigenvalue weighted by Crippen LogP contribution is 2.50. The maximum atomic E-state index is 3.83. The van der Waals surface area contributed by atoms with Gasteiger partial charge in [0.15, 0.2) is 0 Å². The fourth-order valence-corrected chi connectivity index (χ4v) is 4.96. The second-order valence-corrected chi connectivity index (χ2v) is 8.02. The predicted octanol–water partition coefficient (Wildman–Crippen LogP) is 7.96. The quantitative estimate of drug-likeness (QED) is 0.324. The van der Waals surface area contributed by atoms with E-state index < -0.39 is 0 Å². The van der Waals surface area contributed by atoms with E-state index >= 15 is 0 Å². The van der Waals surface area contributed by atoms with Crippen LogP contribution in [0.15, 0.2) is 95.5 Å². The number of nitrogens with zero attached hydrogens (tertiary/aromatic N) is 1. The van der Waals surface area contributed by atoms with Crippen molar-refractivity contribution in [2.45, 2.75) is 6.92 Å². The Labute approximate surface area is 166 Å². The van der Waals surface area contributed by atoms with Crippen molar-refractivity contribution in [2.24, 2.45) is 0 Å². The van der Waals surface area contributed by atoms with Crippen molar-refractivity contribution >= 4 is 43.6 Å². The normalized spacial score (nSPS) is 10.7. The Kier molecular flexibility index (Phi) is 4.91. The minimum Gasteiger partial charge on any atom is -0.301 e. The van der Waals surface area contributed by atoms with Crippen LogP contribution in [0.4, 0.5) is 16.4 Å². The lowest BCUT2D eigenvalue weighted by molar-refractivity contribution is 1.31. The molecule has 4 aromatic rings. The Bertz CT molecular complexity index is 955. The van der Waals surface area contributed by atoms with Crippen LogP contribution in [0.2, 0.25) is 0 Å². The number of hydrogen-bond acceptors (Lipinski definition) is 2. The summed E-state index contributed by atoms with van der Waals surface area (Å²) in [6.07, 6.45) is 0. The van der Waals surface area contributed by atoms with E-state index in [4.69, 9.17) is 0 Å². The molecule has 1 nitrogen and oxygen atoms in total. The minimum absolute atomic E-state index is 1.16. The number of hydrogen-bond donors (Lipinski definition) is 0. The fraction of sp³-hybridized carbons (Fsp3) is 0.0435. The fourth-order valence-electron chi connectivity index (χ4n) is 3.06. The molecule has 0 radical (unpaired) electrons. The largest absolute Gasteiger partial charge is 0.301 e. The summed E-state index contributed by atoms with van der Waals surface area (Å²) in [5, 5.41) is 1.22. The summed E-state index contributed by atoms with van der Waals surface area (Å²) in [6, 6.07) is 31.7. The Balaban J connectivity index is 1.97. The molecule has 0 aliphatic rings. The average molecular weight is 420 g/mol. The number of halogens is 1. The molecular formula is C23H18BrNS. The van der Waals surface area contributed by atoms with Gasteiger partial charge >= 0.3 is 0 Å². The van der Waals surface area contributed by atoms with Gasteiger partial charge in [0, 0.05) is 26.3 Å². The van der Waals surface area contributed by atoms with Crippen molar-refractivity contribution in [3.05, 3.63) is 100 Å². The molecule has 3 heteroatoms. The first-order valence-electron chi connectivity index (χ1n) is 8.50. The lowest BCUT2D eigenvalue weighted by Crippen LogP contribution is -2.09. The molecule has 0 N–H and O–H groups in total. The first kappa shape index (κ1) is 17.1. The van der Waals surface area contributed by atoms with Gasteiger partial charge in [-0.3, -0.25) is 0 Å². The molecule has 0 unspecified atom stereocenters. The number of rotatable bonds is 4. The Hall–Kier alpha value is -2.36. The average Bonchev–Trinajstić information content (AvgIpc) is 2.99. The SMILES string of the molecule is Cc1sc(N(c2ccccc2)c2ccccc2)c(-c2ccccc2)c1Br. The summed E-state index contributed by atoms with van der Waals surface area (Å²) in [7, 11) is 0. The van der Waals surface area contributed by atoms with E-state index in [1.165, 1.54) is 25.5 Å². The van der Waals surface area contributed by atoms with Gasteiger partial charge in [-0.25, -0.2) is 0 Å². The van der Waals surface area contributed by atoms with Gasteiger partial charge < -0.3 is 4.90 Å². The van der Waals surface area contributed by atoms with Crippen LogP contribution in [-0.2, 0) is 0 Å². The summed E-state index contributed by atoms with van der Waals surface area (Å²) < 4.78 is 1.17. The zero-order chi connectivity index (χ0) is 17.9. The molecule has 0 atom stereocenters. The van der Waals surface area contributed by atoms with Crippen molar-refractivity contribution < 1.29 is 0 Å². The number of thiophene rings is 1. The Morgan fingerprint density at radius 2 is 1.15 bits per heavy atom. The summed E-state index contributed by atoms with van der Waals surface area (Å²) >= 11 is 5.65. The van der Waals surface area contributed by atoms with Crippen molar-refractivity contribution in [2.75, 3.05) is 4.90 Å². The van der Waals surface area contributed by atoms with Gasteiger partial charge in [-0.15, -0.1) is 11.3 Å². The Morgan fingerprint density at radius 3 is 1.65 bits per heavy atom. The zero-order valence-corrected chi connectivity index (χ0v) is 16.8. The lowest BCUT2D eigenvalue weighted by atomic mass is 10.1. The van der Waals surface area contributed by atoms with Gasteiger partial charge in [-0.2, -0.15) is 0 Å². The van der Waals surface area contributed by atoms with E-state index in [1.807, 2.05) is 11.3 Å². The molecule has 3 aromatic carbocycles. The van der Waals surface area contributed by atoms with Gasteiger partial charge in [0.05, 0.1) is 0 Å². The van der Waals surface area contributed by atoms with Crippen LogP contribution in [0, 0.1) is 6.92 Å². The van der Waals surface area contributed by atoms with E-state index in [1.54, 1.807) is 0 Å². The molecule has 1 heterocycles. The zero-order valence-electron chi connectivity index (χ0n) is 14.4. The first-order chi connectivity index (χ1) is 12.8. The van der Waals surface area contributed by atoms with Crippen LogP contribution in [0.1, 0.15) is 4.88 Å². The maximum absolute atomic E-state index is 3.83. The van der Waals surface area contributed by atoms with Crippen molar-refractivity contribution in [1.82, 2.24) is 0 Å². The highest BCUT2D eigenvalue weighted by Gasteiger charge is 2.22. The van der Waals surface area contributed by atoms with Gasteiger partial charge in [-0.05, 0) is 52.7 Å². The van der Waals surface area contributed by atoms with E-state index in [0.717, 1.165) is 11.4 Å². The molecular weight excluding hydrogens is 402 g/mol. The summed E-state index contributed by atoms with van der Waals surface area (Å²) in [5.41, 5.74) is 4.77. The molecule has 0 spiro atoms. The summed E-state index contributed by atoms with van der Waals surface area (Å²) in [6.45, 7) is 2.17. The van der Waals surface area contributed by atoms with Crippen molar-refractivity contribution in [3.63, 3.8) is 0 Å². The molecule has 0 amide bonds. The molecule has 0 aliphatic heterocycles. The van der Waals surface area contributed by atoms with E-state index in [9.17, 15) is 0 Å². The van der Waals surface area contributed by atoms with E-state index in [-0.39, 0.29) is 0 Å². The van der Waals surface area contributed by atoms with Crippen LogP contribution in [-0.4, -0.2) is 0 Å². The molecule has 0 aliphatic carbocycles. The second kappa shape index (κ2) is 7.48. The first-order valence-corrected chi connectivity index (χ1v) is 10.1. The molecule has 1 aromatic heterocycles. The van der Waals surface area contributed by atoms with Gasteiger partial charge in [-0.1, -0.05) is 66.7 Å². The molecule has 0 fully saturated rings.